The van der Waals surface area contributed by atoms with E-state index in [0.29, 0.717) is 46.2 Å². The predicted octanol–water partition coefficient (Wildman–Crippen LogP) is 2.87. The van der Waals surface area contributed by atoms with Crippen molar-refractivity contribution in [2.75, 3.05) is 13.2 Å². The molecule has 0 spiro atoms. The minimum Gasteiger partial charge on any atom is -0.378 e. The van der Waals surface area contributed by atoms with Gasteiger partial charge in [0.05, 0.1) is 17.0 Å². The number of aromatic nitrogens is 2. The molecule has 140 valence electrons. The Bertz CT molecular complexity index is 932. The highest BCUT2D eigenvalue weighted by atomic mass is 32.1. The minimum atomic E-state index is -0.153. The summed E-state index contributed by atoms with van der Waals surface area (Å²) >= 11 is 5.23. The topological polar surface area (TPSA) is 76.1 Å². The van der Waals surface area contributed by atoms with Crippen LogP contribution in [0, 0.1) is 16.6 Å². The molecule has 2 N–H and O–H groups in total. The Morgan fingerprint density at radius 1 is 1.46 bits per heavy atom. The molecule has 2 atom stereocenters. The van der Waals surface area contributed by atoms with E-state index >= 15 is 0 Å². The van der Waals surface area contributed by atoms with Crippen LogP contribution in [0.2, 0.25) is 0 Å². The Kier molecular flexibility index (Phi) is 5.58. The van der Waals surface area contributed by atoms with Gasteiger partial charge < -0.3 is 15.0 Å². The monoisotopic (exact) mass is 375 g/mol. The van der Waals surface area contributed by atoms with Crippen molar-refractivity contribution >= 4 is 29.0 Å². The number of nitrogens with zero attached hydrogens (tertiary/aromatic N) is 1. The summed E-state index contributed by atoms with van der Waals surface area (Å²) in [5, 5.41) is 3.53. The maximum absolute atomic E-state index is 12.5. The van der Waals surface area contributed by atoms with Gasteiger partial charge in [-0.05, 0) is 49.7 Å². The zero-order chi connectivity index (χ0) is 18.8. The van der Waals surface area contributed by atoms with E-state index in [0.717, 1.165) is 13.0 Å². The SMILES string of the molecule is CCn1c(=S)[nH]c2cc(C(=O)NC[C@@H]3CCO[C@@H]3C(C)C)ccc2c1=O. The number of aromatic amines is 1. The van der Waals surface area contributed by atoms with Crippen molar-refractivity contribution < 1.29 is 9.53 Å². The standard InChI is InChI=1S/C19H25N3O3S/c1-4-22-18(24)14-6-5-12(9-15(14)21-19(22)26)17(23)20-10-13-7-8-25-16(13)11(2)3/h5-6,9,11,13,16H,4,7-8,10H2,1-3H3,(H,20,23)(H,21,26)/t13-,16+/m0/s1. The number of hydrogen-bond acceptors (Lipinski definition) is 4. The third kappa shape index (κ3) is 3.59. The summed E-state index contributed by atoms with van der Waals surface area (Å²) in [7, 11) is 0. The average Bonchev–Trinajstić information content (AvgIpc) is 3.08. The second-order valence-corrected chi connectivity index (χ2v) is 7.46. The molecule has 2 aromatic rings. The number of fused-ring (bicyclic) bond motifs is 1. The molecule has 1 aromatic heterocycles. The first kappa shape index (κ1) is 18.8. The van der Waals surface area contributed by atoms with Gasteiger partial charge in [-0.15, -0.1) is 0 Å². The third-order valence-electron chi connectivity index (χ3n) is 5.01. The van der Waals surface area contributed by atoms with Crippen molar-refractivity contribution in [2.24, 2.45) is 11.8 Å². The Morgan fingerprint density at radius 2 is 2.23 bits per heavy atom. The quantitative estimate of drug-likeness (QED) is 0.788. The minimum absolute atomic E-state index is 0.138. The maximum atomic E-state index is 12.5. The number of nitrogens with one attached hydrogen (secondary N) is 2. The molecule has 1 fully saturated rings. The van der Waals surface area contributed by atoms with Crippen molar-refractivity contribution in [3.63, 3.8) is 0 Å². The molecule has 7 heteroatoms. The Morgan fingerprint density at radius 3 is 2.92 bits per heavy atom. The number of hydrogen-bond donors (Lipinski definition) is 2. The first-order chi connectivity index (χ1) is 12.4. The van der Waals surface area contributed by atoms with Gasteiger partial charge in [0.15, 0.2) is 4.77 Å². The molecule has 1 saturated heterocycles. The molecule has 0 unspecified atom stereocenters. The van der Waals surface area contributed by atoms with Crippen molar-refractivity contribution in [3.8, 4) is 0 Å². The van der Waals surface area contributed by atoms with Gasteiger partial charge in [-0.2, -0.15) is 0 Å². The smallest absolute Gasteiger partial charge is 0.262 e. The van der Waals surface area contributed by atoms with Crippen LogP contribution in [0.5, 0.6) is 0 Å². The van der Waals surface area contributed by atoms with E-state index in [-0.39, 0.29) is 17.6 Å². The number of carbonyl (C=O) groups excluding carboxylic acids is 1. The normalized spacial score (nSPS) is 20.0. The Hall–Kier alpha value is -1.99. The molecule has 2 heterocycles. The molecular weight excluding hydrogens is 350 g/mol. The Labute approximate surface area is 157 Å². The molecule has 6 nitrogen and oxygen atoms in total. The van der Waals surface area contributed by atoms with E-state index in [2.05, 4.69) is 24.1 Å². The highest BCUT2D eigenvalue weighted by Gasteiger charge is 2.30. The van der Waals surface area contributed by atoms with Gasteiger partial charge in [-0.25, -0.2) is 0 Å². The lowest BCUT2D eigenvalue weighted by Gasteiger charge is -2.22. The molecule has 0 aliphatic carbocycles. The Balaban J connectivity index is 1.79. The van der Waals surface area contributed by atoms with Crippen LogP contribution in [0.25, 0.3) is 10.9 Å². The first-order valence-electron chi connectivity index (χ1n) is 9.09. The molecule has 0 radical (unpaired) electrons. The van der Waals surface area contributed by atoms with Crippen LogP contribution in [0.3, 0.4) is 0 Å². The van der Waals surface area contributed by atoms with Crippen LogP contribution in [0.15, 0.2) is 23.0 Å². The van der Waals surface area contributed by atoms with Crippen molar-refractivity contribution in [2.45, 2.75) is 39.8 Å². The predicted molar refractivity (Wildman–Crippen MR) is 104 cm³/mol. The molecule has 3 rings (SSSR count). The summed E-state index contributed by atoms with van der Waals surface area (Å²) in [6, 6.07) is 5.05. The molecule has 1 aliphatic heterocycles. The van der Waals surface area contributed by atoms with Crippen LogP contribution >= 0.6 is 12.2 Å². The number of carbonyl (C=O) groups is 1. The summed E-state index contributed by atoms with van der Waals surface area (Å²) in [5.41, 5.74) is 0.958. The van der Waals surface area contributed by atoms with Crippen molar-refractivity contribution in [3.05, 3.63) is 38.9 Å². The van der Waals surface area contributed by atoms with Crippen molar-refractivity contribution in [1.29, 1.82) is 0 Å². The van der Waals surface area contributed by atoms with Gasteiger partial charge >= 0.3 is 0 Å². The number of ether oxygens (including phenoxy) is 1. The lowest BCUT2D eigenvalue weighted by atomic mass is 9.93. The van der Waals surface area contributed by atoms with Gasteiger partial charge in [0.2, 0.25) is 0 Å². The fraction of sp³-hybridized carbons (Fsp3) is 0.526. The van der Waals surface area contributed by atoms with Crippen LogP contribution in [-0.4, -0.2) is 34.7 Å². The molecule has 1 aliphatic rings. The lowest BCUT2D eigenvalue weighted by Crippen LogP contribution is -2.35. The fourth-order valence-corrected chi connectivity index (χ4v) is 3.94. The van der Waals surface area contributed by atoms with Crippen LogP contribution < -0.4 is 10.9 Å². The number of rotatable bonds is 5. The van der Waals surface area contributed by atoms with E-state index in [9.17, 15) is 9.59 Å². The average molecular weight is 375 g/mol. The summed E-state index contributed by atoms with van der Waals surface area (Å²) < 4.78 is 7.64. The van der Waals surface area contributed by atoms with E-state index in [1.54, 1.807) is 18.2 Å². The van der Waals surface area contributed by atoms with Gasteiger partial charge in [0, 0.05) is 31.2 Å². The zero-order valence-electron chi connectivity index (χ0n) is 15.4. The van der Waals surface area contributed by atoms with Crippen LogP contribution in [-0.2, 0) is 11.3 Å². The van der Waals surface area contributed by atoms with Gasteiger partial charge in [0.25, 0.3) is 11.5 Å². The number of amides is 1. The lowest BCUT2D eigenvalue weighted by molar-refractivity contribution is 0.0533. The first-order valence-corrected chi connectivity index (χ1v) is 9.49. The molecule has 1 aromatic carbocycles. The zero-order valence-corrected chi connectivity index (χ0v) is 16.2. The van der Waals surface area contributed by atoms with Gasteiger partial charge in [-0.3, -0.25) is 14.2 Å². The summed E-state index contributed by atoms with van der Waals surface area (Å²) in [6.07, 6.45) is 1.15. The molecule has 1 amide bonds. The van der Waals surface area contributed by atoms with Crippen LogP contribution in [0.4, 0.5) is 0 Å². The van der Waals surface area contributed by atoms with Gasteiger partial charge in [-0.1, -0.05) is 13.8 Å². The number of benzene rings is 1. The largest absolute Gasteiger partial charge is 0.378 e. The summed E-state index contributed by atoms with van der Waals surface area (Å²) in [6.45, 7) is 7.99. The maximum Gasteiger partial charge on any atom is 0.262 e. The summed E-state index contributed by atoms with van der Waals surface area (Å²) in [5.74, 6) is 0.614. The van der Waals surface area contributed by atoms with Gasteiger partial charge in [0.1, 0.15) is 0 Å². The van der Waals surface area contributed by atoms with Crippen molar-refractivity contribution in [1.82, 2.24) is 14.9 Å². The highest BCUT2D eigenvalue weighted by molar-refractivity contribution is 7.71. The van der Waals surface area contributed by atoms with E-state index < -0.39 is 0 Å². The summed E-state index contributed by atoms with van der Waals surface area (Å²) in [4.78, 5) is 28.0. The molecule has 0 saturated carbocycles. The fourth-order valence-electron chi connectivity index (χ4n) is 3.62. The third-order valence-corrected chi connectivity index (χ3v) is 5.33. The second-order valence-electron chi connectivity index (χ2n) is 7.08. The van der Waals surface area contributed by atoms with Crippen LogP contribution in [0.1, 0.15) is 37.6 Å². The molecule has 0 bridgehead atoms. The van der Waals surface area contributed by atoms with E-state index in [4.69, 9.17) is 17.0 Å². The number of H-pyrrole nitrogens is 1. The highest BCUT2D eigenvalue weighted by Crippen LogP contribution is 2.26. The van der Waals surface area contributed by atoms with E-state index in [1.807, 2.05) is 6.92 Å². The molecule has 26 heavy (non-hydrogen) atoms. The molecular formula is C19H25N3O3S. The second kappa shape index (κ2) is 7.72. The van der Waals surface area contributed by atoms with E-state index in [1.165, 1.54) is 4.57 Å².